The molecule has 2 aromatic rings. The van der Waals surface area contributed by atoms with Gasteiger partial charge < -0.3 is 10.2 Å². The van der Waals surface area contributed by atoms with Gasteiger partial charge in [-0.05, 0) is 69.2 Å². The van der Waals surface area contributed by atoms with Crippen molar-refractivity contribution in [1.29, 1.82) is 0 Å². The summed E-state index contributed by atoms with van der Waals surface area (Å²) in [6, 6.07) is 12.5. The summed E-state index contributed by atoms with van der Waals surface area (Å²) >= 11 is 0. The van der Waals surface area contributed by atoms with Crippen molar-refractivity contribution in [2.24, 2.45) is 0 Å². The van der Waals surface area contributed by atoms with Gasteiger partial charge in [0.1, 0.15) is 0 Å². The van der Waals surface area contributed by atoms with Crippen molar-refractivity contribution in [3.63, 3.8) is 0 Å². The summed E-state index contributed by atoms with van der Waals surface area (Å²) in [7, 11) is 0. The van der Waals surface area contributed by atoms with Crippen LogP contribution in [0, 0.1) is 0 Å². The molecule has 0 saturated carbocycles. The van der Waals surface area contributed by atoms with Crippen LogP contribution in [0.1, 0.15) is 62.8 Å². The van der Waals surface area contributed by atoms with Crippen molar-refractivity contribution in [3.8, 4) is 11.1 Å². The number of hydrogen-bond donors (Lipinski definition) is 2. The average molecular weight is 364 g/mol. The van der Waals surface area contributed by atoms with Crippen LogP contribution in [0.15, 0.2) is 42.5 Å². The molecule has 0 radical (unpaired) electrons. The molecule has 0 aliphatic heterocycles. The number of fused-ring (bicyclic) bond motifs is 1. The van der Waals surface area contributed by atoms with E-state index in [0.29, 0.717) is 0 Å². The van der Waals surface area contributed by atoms with E-state index in [0.717, 1.165) is 34.8 Å². The van der Waals surface area contributed by atoms with Crippen LogP contribution in [0.3, 0.4) is 0 Å². The topological polar surface area (TPSA) is 57.5 Å². The van der Waals surface area contributed by atoms with Gasteiger partial charge in [-0.1, -0.05) is 58.0 Å². The number of carbonyl (C=O) groups is 1. The molecule has 0 saturated heterocycles. The minimum Gasteiger partial charge on any atom is -0.478 e. The molecule has 0 fully saturated rings. The molecule has 2 aromatic carbocycles. The Bertz CT molecular complexity index is 904. The second-order valence-corrected chi connectivity index (χ2v) is 8.77. The third-order valence-electron chi connectivity index (χ3n) is 5.90. The van der Waals surface area contributed by atoms with E-state index < -0.39 is 5.97 Å². The molecule has 3 rings (SSSR count). The lowest BCUT2D eigenvalue weighted by Crippen LogP contribution is -2.33. The van der Waals surface area contributed by atoms with Crippen LogP contribution in [0.5, 0.6) is 0 Å². The number of hydrogen-bond acceptors (Lipinski definition) is 2. The minimum absolute atomic E-state index is 0.128. The zero-order valence-electron chi connectivity index (χ0n) is 16.5. The van der Waals surface area contributed by atoms with Gasteiger partial charge in [0.25, 0.3) is 0 Å². The smallest absolute Gasteiger partial charge is 0.328 e. The molecular formula is C24H28O3. The average Bonchev–Trinajstić information content (AvgIpc) is 2.63. The molecule has 3 nitrogen and oxygen atoms in total. The lowest BCUT2D eigenvalue weighted by Gasteiger charge is -2.42. The van der Waals surface area contributed by atoms with Crippen LogP contribution in [0.2, 0.25) is 0 Å². The van der Waals surface area contributed by atoms with Crippen LogP contribution in [-0.4, -0.2) is 16.2 Å². The molecule has 3 heteroatoms. The van der Waals surface area contributed by atoms with E-state index in [1.54, 1.807) is 0 Å². The number of aliphatic hydroxyl groups is 1. The molecule has 1 aliphatic rings. The highest BCUT2D eigenvalue weighted by atomic mass is 16.4. The van der Waals surface area contributed by atoms with Gasteiger partial charge in [-0.15, -0.1) is 0 Å². The summed E-state index contributed by atoms with van der Waals surface area (Å²) < 4.78 is 0. The second-order valence-electron chi connectivity index (χ2n) is 8.77. The van der Waals surface area contributed by atoms with Crippen LogP contribution in [0.4, 0.5) is 0 Å². The molecule has 0 amide bonds. The quantitative estimate of drug-likeness (QED) is 0.725. The van der Waals surface area contributed by atoms with E-state index in [9.17, 15) is 9.90 Å². The van der Waals surface area contributed by atoms with Gasteiger partial charge in [0.2, 0.25) is 0 Å². The van der Waals surface area contributed by atoms with Gasteiger partial charge in [0.15, 0.2) is 0 Å². The Kier molecular flexibility index (Phi) is 5.00. The molecule has 0 bridgehead atoms. The summed E-state index contributed by atoms with van der Waals surface area (Å²) in [5.74, 6) is -0.998. The number of aliphatic carboxylic acids is 1. The summed E-state index contributed by atoms with van der Waals surface area (Å²) in [5, 5.41) is 18.5. The SMILES string of the molecule is CC1(C)CCC(C)(C)c2cc(-c3ccc(/C=C/C(=O)O)c(CO)c3)ccc21. The molecule has 0 spiro atoms. The fraction of sp³-hybridized carbons (Fsp3) is 0.375. The Balaban J connectivity index is 2.06. The molecule has 1 aliphatic carbocycles. The monoisotopic (exact) mass is 364 g/mol. The largest absolute Gasteiger partial charge is 0.478 e. The molecule has 142 valence electrons. The first-order chi connectivity index (χ1) is 12.6. The zero-order valence-corrected chi connectivity index (χ0v) is 16.5. The Morgan fingerprint density at radius 1 is 0.963 bits per heavy atom. The number of aliphatic hydroxyl groups excluding tert-OH is 1. The molecule has 0 atom stereocenters. The highest BCUT2D eigenvalue weighted by molar-refractivity contribution is 5.85. The fourth-order valence-corrected chi connectivity index (χ4v) is 4.01. The van der Waals surface area contributed by atoms with Crippen molar-refractivity contribution < 1.29 is 15.0 Å². The van der Waals surface area contributed by atoms with Gasteiger partial charge in [0, 0.05) is 6.08 Å². The summed E-state index contributed by atoms with van der Waals surface area (Å²) in [5.41, 5.74) is 6.76. The van der Waals surface area contributed by atoms with E-state index in [1.165, 1.54) is 23.6 Å². The summed E-state index contributed by atoms with van der Waals surface area (Å²) in [4.78, 5) is 10.8. The van der Waals surface area contributed by atoms with Crippen LogP contribution in [-0.2, 0) is 22.2 Å². The first-order valence-corrected chi connectivity index (χ1v) is 9.44. The first-order valence-electron chi connectivity index (χ1n) is 9.44. The van der Waals surface area contributed by atoms with Gasteiger partial charge >= 0.3 is 5.97 Å². The van der Waals surface area contributed by atoms with Crippen molar-refractivity contribution >= 4 is 12.0 Å². The maximum Gasteiger partial charge on any atom is 0.328 e. The number of benzene rings is 2. The lowest BCUT2D eigenvalue weighted by atomic mass is 9.63. The number of rotatable bonds is 4. The summed E-state index contributed by atoms with van der Waals surface area (Å²) in [6.07, 6.45) is 4.97. The van der Waals surface area contributed by atoms with E-state index in [2.05, 4.69) is 45.9 Å². The molecule has 27 heavy (non-hydrogen) atoms. The highest BCUT2D eigenvalue weighted by Gasteiger charge is 2.36. The Morgan fingerprint density at radius 2 is 1.56 bits per heavy atom. The first kappa shape index (κ1) is 19.4. The van der Waals surface area contributed by atoms with Gasteiger partial charge in [0.05, 0.1) is 6.61 Å². The minimum atomic E-state index is -0.998. The molecular weight excluding hydrogens is 336 g/mol. The molecule has 0 heterocycles. The van der Waals surface area contributed by atoms with E-state index in [1.807, 2.05) is 18.2 Å². The lowest BCUT2D eigenvalue weighted by molar-refractivity contribution is -0.131. The van der Waals surface area contributed by atoms with Crippen LogP contribution in [0.25, 0.3) is 17.2 Å². The van der Waals surface area contributed by atoms with Crippen molar-refractivity contribution in [2.75, 3.05) is 0 Å². The molecule has 0 unspecified atom stereocenters. The van der Waals surface area contributed by atoms with Crippen molar-refractivity contribution in [1.82, 2.24) is 0 Å². The normalized spacial score (nSPS) is 17.7. The van der Waals surface area contributed by atoms with Gasteiger partial charge in [-0.3, -0.25) is 0 Å². The molecule has 0 aromatic heterocycles. The standard InChI is InChI=1S/C24H28O3/c1-23(2)11-12-24(3,4)21-14-18(7-9-20(21)23)17-6-5-16(8-10-22(26)27)19(13-17)15-25/h5-10,13-14,25H,11-12,15H2,1-4H3,(H,26,27)/b10-8+. The van der Waals surface area contributed by atoms with Crippen molar-refractivity contribution in [3.05, 3.63) is 64.7 Å². The third kappa shape index (κ3) is 3.84. The van der Waals surface area contributed by atoms with Crippen LogP contribution < -0.4 is 0 Å². The second kappa shape index (κ2) is 6.97. The molecule has 2 N–H and O–H groups in total. The summed E-state index contributed by atoms with van der Waals surface area (Å²) in [6.45, 7) is 9.12. The predicted molar refractivity (Wildman–Crippen MR) is 110 cm³/mol. The Morgan fingerprint density at radius 3 is 2.19 bits per heavy atom. The van der Waals surface area contributed by atoms with Crippen molar-refractivity contribution in [2.45, 2.75) is 58.0 Å². The van der Waals surface area contributed by atoms with Gasteiger partial charge in [-0.2, -0.15) is 0 Å². The maximum atomic E-state index is 10.8. The Hall–Kier alpha value is -2.39. The number of carboxylic acids is 1. The Labute approximate surface area is 161 Å². The predicted octanol–water partition coefficient (Wildman–Crippen LogP) is 5.29. The zero-order chi connectivity index (χ0) is 19.8. The fourth-order valence-electron chi connectivity index (χ4n) is 4.01. The maximum absolute atomic E-state index is 10.8. The third-order valence-corrected chi connectivity index (χ3v) is 5.90. The van der Waals surface area contributed by atoms with E-state index >= 15 is 0 Å². The van der Waals surface area contributed by atoms with E-state index in [-0.39, 0.29) is 17.4 Å². The van der Waals surface area contributed by atoms with Gasteiger partial charge in [-0.25, -0.2) is 4.79 Å². The number of carboxylic acid groups (broad SMARTS) is 1. The van der Waals surface area contributed by atoms with Crippen LogP contribution >= 0.6 is 0 Å². The van der Waals surface area contributed by atoms with E-state index in [4.69, 9.17) is 5.11 Å². The highest BCUT2D eigenvalue weighted by Crippen LogP contribution is 2.46.